The standard InChI is InChI=1S/C10H7N3OS/c14-12-6-8-2-1-7-5-11-10-9(13(7)8)3-4-15-10/h1-6,14H/b12-6-. The Hall–Kier alpha value is -1.88. The topological polar surface area (TPSA) is 49.9 Å². The van der Waals surface area contributed by atoms with Crippen LogP contribution in [-0.2, 0) is 0 Å². The maximum atomic E-state index is 8.56. The van der Waals surface area contributed by atoms with Gasteiger partial charge in [0.25, 0.3) is 0 Å². The Bertz CT molecular complexity index is 653. The van der Waals surface area contributed by atoms with E-state index in [4.69, 9.17) is 5.21 Å². The van der Waals surface area contributed by atoms with Gasteiger partial charge in [0, 0.05) is 0 Å². The lowest BCUT2D eigenvalue weighted by Gasteiger charge is -1.99. The third-order valence-corrected chi connectivity index (χ3v) is 3.12. The number of hydrogen-bond donors (Lipinski definition) is 1. The van der Waals surface area contributed by atoms with Gasteiger partial charge in [-0.3, -0.25) is 0 Å². The second kappa shape index (κ2) is 3.06. The summed E-state index contributed by atoms with van der Waals surface area (Å²) in [5.41, 5.74) is 2.88. The quantitative estimate of drug-likeness (QED) is 0.386. The Morgan fingerprint density at radius 3 is 3.20 bits per heavy atom. The van der Waals surface area contributed by atoms with Gasteiger partial charge in [-0.2, -0.15) is 0 Å². The minimum absolute atomic E-state index is 0.846. The molecule has 0 aromatic carbocycles. The second-order valence-electron chi connectivity index (χ2n) is 3.13. The zero-order valence-corrected chi connectivity index (χ0v) is 8.48. The Balaban J connectivity index is 2.52. The van der Waals surface area contributed by atoms with Crippen LogP contribution in [0, 0.1) is 0 Å². The third-order valence-electron chi connectivity index (χ3n) is 2.31. The van der Waals surface area contributed by atoms with Gasteiger partial charge in [-0.25, -0.2) is 4.98 Å². The molecule has 0 saturated carbocycles. The van der Waals surface area contributed by atoms with Crippen molar-refractivity contribution in [2.75, 3.05) is 0 Å². The largest absolute Gasteiger partial charge is 0.411 e. The molecule has 15 heavy (non-hydrogen) atoms. The highest BCUT2D eigenvalue weighted by molar-refractivity contribution is 7.16. The van der Waals surface area contributed by atoms with Gasteiger partial charge in [-0.05, 0) is 23.6 Å². The van der Waals surface area contributed by atoms with Crippen LogP contribution in [0.2, 0.25) is 0 Å². The van der Waals surface area contributed by atoms with Crippen LogP contribution < -0.4 is 0 Å². The molecule has 3 aromatic heterocycles. The molecule has 0 amide bonds. The summed E-state index contributed by atoms with van der Waals surface area (Å²) in [4.78, 5) is 5.31. The van der Waals surface area contributed by atoms with E-state index < -0.39 is 0 Å². The third kappa shape index (κ3) is 1.13. The van der Waals surface area contributed by atoms with Crippen molar-refractivity contribution < 1.29 is 5.21 Å². The highest BCUT2D eigenvalue weighted by Crippen LogP contribution is 2.21. The van der Waals surface area contributed by atoms with Crippen LogP contribution >= 0.6 is 11.3 Å². The Kier molecular flexibility index (Phi) is 1.72. The van der Waals surface area contributed by atoms with Crippen molar-refractivity contribution in [3.8, 4) is 0 Å². The molecule has 0 aliphatic rings. The Morgan fingerprint density at radius 1 is 1.40 bits per heavy atom. The van der Waals surface area contributed by atoms with E-state index in [-0.39, 0.29) is 0 Å². The monoisotopic (exact) mass is 217 g/mol. The van der Waals surface area contributed by atoms with Gasteiger partial charge < -0.3 is 9.61 Å². The van der Waals surface area contributed by atoms with E-state index in [2.05, 4.69) is 10.1 Å². The first kappa shape index (κ1) is 8.43. The van der Waals surface area contributed by atoms with Crippen LogP contribution in [0.25, 0.3) is 15.9 Å². The molecular formula is C10H7N3OS. The predicted molar refractivity (Wildman–Crippen MR) is 60.0 cm³/mol. The number of hydrogen-bond acceptors (Lipinski definition) is 4. The minimum atomic E-state index is 0.846. The van der Waals surface area contributed by atoms with Crippen LogP contribution in [-0.4, -0.2) is 20.8 Å². The first-order chi connectivity index (χ1) is 7.40. The lowest BCUT2D eigenvalue weighted by atomic mass is 10.4. The van der Waals surface area contributed by atoms with E-state index in [1.54, 1.807) is 11.3 Å². The fourth-order valence-corrected chi connectivity index (χ4v) is 2.41. The molecule has 74 valence electrons. The molecule has 0 fully saturated rings. The van der Waals surface area contributed by atoms with Crippen LogP contribution in [0.3, 0.4) is 0 Å². The smallest absolute Gasteiger partial charge is 0.140 e. The minimum Gasteiger partial charge on any atom is -0.411 e. The zero-order chi connectivity index (χ0) is 10.3. The van der Waals surface area contributed by atoms with Crippen LogP contribution in [0.5, 0.6) is 0 Å². The molecule has 5 heteroatoms. The Labute approximate surface area is 89.1 Å². The first-order valence-corrected chi connectivity index (χ1v) is 5.29. The summed E-state index contributed by atoms with van der Waals surface area (Å²) in [5, 5.41) is 13.6. The molecule has 0 radical (unpaired) electrons. The summed E-state index contributed by atoms with van der Waals surface area (Å²) < 4.78 is 2.01. The van der Waals surface area contributed by atoms with Crippen molar-refractivity contribution >= 4 is 33.4 Å². The zero-order valence-electron chi connectivity index (χ0n) is 7.66. The number of fused-ring (bicyclic) bond motifs is 3. The molecule has 0 aliphatic heterocycles. The average molecular weight is 217 g/mol. The molecule has 0 aliphatic carbocycles. The molecule has 0 saturated heterocycles. The molecule has 3 heterocycles. The van der Waals surface area contributed by atoms with E-state index in [9.17, 15) is 0 Å². The SMILES string of the molecule is O/N=C\c1ccc2cnc3sccc3n12. The van der Waals surface area contributed by atoms with Crippen LogP contribution in [0.15, 0.2) is 34.9 Å². The number of oxime groups is 1. The average Bonchev–Trinajstić information content (AvgIpc) is 2.83. The van der Waals surface area contributed by atoms with Gasteiger partial charge in [0.1, 0.15) is 4.83 Å². The second-order valence-corrected chi connectivity index (χ2v) is 4.03. The van der Waals surface area contributed by atoms with Crippen molar-refractivity contribution in [2.24, 2.45) is 5.16 Å². The highest BCUT2D eigenvalue weighted by Gasteiger charge is 2.05. The molecule has 0 spiro atoms. The molecule has 1 N–H and O–H groups in total. The summed E-state index contributed by atoms with van der Waals surface area (Å²) in [6, 6.07) is 5.85. The van der Waals surface area contributed by atoms with E-state index in [0.29, 0.717) is 0 Å². The maximum absolute atomic E-state index is 8.56. The molecule has 3 rings (SSSR count). The van der Waals surface area contributed by atoms with Gasteiger partial charge in [0.05, 0.1) is 29.1 Å². The van der Waals surface area contributed by atoms with E-state index in [0.717, 1.165) is 21.6 Å². The molecule has 0 atom stereocenters. The summed E-state index contributed by atoms with van der Waals surface area (Å²) in [5.74, 6) is 0. The van der Waals surface area contributed by atoms with Crippen molar-refractivity contribution in [1.29, 1.82) is 0 Å². The fourth-order valence-electron chi connectivity index (χ4n) is 1.69. The van der Waals surface area contributed by atoms with E-state index in [1.807, 2.05) is 34.2 Å². The fraction of sp³-hybridized carbons (Fsp3) is 0. The van der Waals surface area contributed by atoms with Gasteiger partial charge >= 0.3 is 0 Å². The number of aromatic nitrogens is 2. The van der Waals surface area contributed by atoms with Gasteiger partial charge in [-0.1, -0.05) is 5.16 Å². The number of rotatable bonds is 1. The van der Waals surface area contributed by atoms with Crippen molar-refractivity contribution in [1.82, 2.24) is 9.38 Å². The maximum Gasteiger partial charge on any atom is 0.140 e. The summed E-state index contributed by atoms with van der Waals surface area (Å²) in [7, 11) is 0. The molecule has 0 bridgehead atoms. The van der Waals surface area contributed by atoms with Crippen LogP contribution in [0.4, 0.5) is 0 Å². The molecule has 4 nitrogen and oxygen atoms in total. The summed E-state index contributed by atoms with van der Waals surface area (Å²) in [6.07, 6.45) is 3.23. The van der Waals surface area contributed by atoms with E-state index in [1.165, 1.54) is 6.21 Å². The van der Waals surface area contributed by atoms with Gasteiger partial charge in [-0.15, -0.1) is 11.3 Å². The van der Waals surface area contributed by atoms with Crippen molar-refractivity contribution in [3.63, 3.8) is 0 Å². The van der Waals surface area contributed by atoms with Gasteiger partial charge in [0.2, 0.25) is 0 Å². The molecule has 0 unspecified atom stereocenters. The van der Waals surface area contributed by atoms with Crippen LogP contribution in [0.1, 0.15) is 5.69 Å². The lowest BCUT2D eigenvalue weighted by molar-refractivity contribution is 0.321. The predicted octanol–water partition coefficient (Wildman–Crippen LogP) is 2.36. The molecule has 3 aromatic rings. The highest BCUT2D eigenvalue weighted by atomic mass is 32.1. The molecular weight excluding hydrogens is 210 g/mol. The number of nitrogens with zero attached hydrogens (tertiary/aromatic N) is 3. The van der Waals surface area contributed by atoms with Crippen molar-refractivity contribution in [3.05, 3.63) is 35.5 Å². The lowest BCUT2D eigenvalue weighted by Crippen LogP contribution is -1.92. The number of thiophene rings is 1. The normalized spacial score (nSPS) is 12.0. The van der Waals surface area contributed by atoms with Gasteiger partial charge in [0.15, 0.2) is 0 Å². The van der Waals surface area contributed by atoms with Crippen molar-refractivity contribution in [2.45, 2.75) is 0 Å². The Morgan fingerprint density at radius 2 is 2.33 bits per heavy atom. The first-order valence-electron chi connectivity index (χ1n) is 4.41. The summed E-state index contributed by atoms with van der Waals surface area (Å²) >= 11 is 1.59. The van der Waals surface area contributed by atoms with E-state index >= 15 is 0 Å². The summed E-state index contributed by atoms with van der Waals surface area (Å²) in [6.45, 7) is 0.